The van der Waals surface area contributed by atoms with Gasteiger partial charge in [0.15, 0.2) is 0 Å². The first-order valence-electron chi connectivity index (χ1n) is 7.64. The van der Waals surface area contributed by atoms with E-state index in [1.807, 2.05) is 0 Å². The van der Waals surface area contributed by atoms with E-state index in [0.29, 0.717) is 5.41 Å². The standard InChI is InChI=1S/C16H34/c1-6-10-12-16(9-4,13-11-7-2)14-15(5)8-3/h15H,6-14H2,1-5H3. The van der Waals surface area contributed by atoms with Crippen LogP contribution >= 0.6 is 0 Å². The second-order valence-electron chi connectivity index (χ2n) is 5.78. The molecule has 1 atom stereocenters. The summed E-state index contributed by atoms with van der Waals surface area (Å²) in [6, 6.07) is 0. The summed E-state index contributed by atoms with van der Waals surface area (Å²) in [5, 5.41) is 0. The number of rotatable bonds is 10. The van der Waals surface area contributed by atoms with Gasteiger partial charge in [-0.1, -0.05) is 73.1 Å². The van der Waals surface area contributed by atoms with Gasteiger partial charge >= 0.3 is 0 Å². The van der Waals surface area contributed by atoms with Gasteiger partial charge in [-0.15, -0.1) is 0 Å². The van der Waals surface area contributed by atoms with E-state index in [1.165, 1.54) is 57.8 Å². The molecule has 16 heavy (non-hydrogen) atoms. The molecule has 0 rings (SSSR count). The van der Waals surface area contributed by atoms with Gasteiger partial charge in [0.2, 0.25) is 0 Å². The van der Waals surface area contributed by atoms with E-state index in [-0.39, 0.29) is 0 Å². The zero-order valence-electron chi connectivity index (χ0n) is 12.4. The van der Waals surface area contributed by atoms with Gasteiger partial charge in [0, 0.05) is 0 Å². The van der Waals surface area contributed by atoms with E-state index >= 15 is 0 Å². The molecule has 0 saturated carbocycles. The molecule has 98 valence electrons. The third-order valence-electron chi connectivity index (χ3n) is 4.35. The van der Waals surface area contributed by atoms with Crippen molar-refractivity contribution < 1.29 is 0 Å². The predicted octanol–water partition coefficient (Wildman–Crippen LogP) is 6.20. The van der Waals surface area contributed by atoms with E-state index in [1.54, 1.807) is 0 Å². The van der Waals surface area contributed by atoms with Gasteiger partial charge in [0.05, 0.1) is 0 Å². The van der Waals surface area contributed by atoms with Gasteiger partial charge < -0.3 is 0 Å². The smallest absolute Gasteiger partial charge is 0.0298 e. The fraction of sp³-hybridized carbons (Fsp3) is 1.00. The SMILES string of the molecule is CCCCC(CC)(CCCC)CC(C)CC. The van der Waals surface area contributed by atoms with E-state index in [4.69, 9.17) is 0 Å². The average Bonchev–Trinajstić information content (AvgIpc) is 2.32. The van der Waals surface area contributed by atoms with E-state index in [2.05, 4.69) is 34.6 Å². The highest BCUT2D eigenvalue weighted by Crippen LogP contribution is 2.41. The lowest BCUT2D eigenvalue weighted by molar-refractivity contribution is 0.164. The Morgan fingerprint density at radius 3 is 1.69 bits per heavy atom. The van der Waals surface area contributed by atoms with E-state index in [0.717, 1.165) is 5.92 Å². The van der Waals surface area contributed by atoms with E-state index < -0.39 is 0 Å². The third-order valence-corrected chi connectivity index (χ3v) is 4.35. The van der Waals surface area contributed by atoms with Crippen molar-refractivity contribution in [2.45, 2.75) is 92.4 Å². The van der Waals surface area contributed by atoms with Gasteiger partial charge in [-0.2, -0.15) is 0 Å². The summed E-state index contributed by atoms with van der Waals surface area (Å²) in [4.78, 5) is 0. The first-order valence-corrected chi connectivity index (χ1v) is 7.64. The molecule has 0 amide bonds. The number of unbranched alkanes of at least 4 members (excludes halogenated alkanes) is 2. The Bertz CT molecular complexity index is 140. The summed E-state index contributed by atoms with van der Waals surface area (Å²) >= 11 is 0. The Kier molecular flexibility index (Phi) is 9.07. The van der Waals surface area contributed by atoms with Gasteiger partial charge in [-0.3, -0.25) is 0 Å². The fourth-order valence-corrected chi connectivity index (χ4v) is 2.81. The molecule has 0 aliphatic carbocycles. The van der Waals surface area contributed by atoms with Crippen LogP contribution in [0.25, 0.3) is 0 Å². The maximum atomic E-state index is 2.43. The topological polar surface area (TPSA) is 0 Å². The fourth-order valence-electron chi connectivity index (χ4n) is 2.81. The average molecular weight is 226 g/mol. The highest BCUT2D eigenvalue weighted by atomic mass is 14.3. The lowest BCUT2D eigenvalue weighted by Crippen LogP contribution is -2.23. The summed E-state index contributed by atoms with van der Waals surface area (Å²) in [6.45, 7) is 11.8. The Morgan fingerprint density at radius 1 is 0.875 bits per heavy atom. The molecule has 0 bridgehead atoms. The van der Waals surface area contributed by atoms with Crippen LogP contribution in [0.4, 0.5) is 0 Å². The first-order chi connectivity index (χ1) is 7.64. The van der Waals surface area contributed by atoms with Gasteiger partial charge in [0.25, 0.3) is 0 Å². The molecule has 0 nitrogen and oxygen atoms in total. The minimum atomic E-state index is 0.668. The largest absolute Gasteiger partial charge is 0.0654 e. The van der Waals surface area contributed by atoms with Crippen molar-refractivity contribution in [2.75, 3.05) is 0 Å². The molecular formula is C16H34. The molecule has 0 aliphatic heterocycles. The Hall–Kier alpha value is 0. The van der Waals surface area contributed by atoms with Gasteiger partial charge in [-0.05, 0) is 30.6 Å². The number of hydrogen-bond acceptors (Lipinski definition) is 0. The predicted molar refractivity (Wildman–Crippen MR) is 75.8 cm³/mol. The Balaban J connectivity index is 4.39. The Labute approximate surface area is 104 Å². The zero-order chi connectivity index (χ0) is 12.4. The third kappa shape index (κ3) is 5.92. The van der Waals surface area contributed by atoms with Crippen LogP contribution in [-0.2, 0) is 0 Å². The quantitative estimate of drug-likeness (QED) is 0.416. The molecule has 0 aromatic heterocycles. The molecule has 0 aromatic carbocycles. The van der Waals surface area contributed by atoms with Crippen LogP contribution in [0.15, 0.2) is 0 Å². The molecule has 0 radical (unpaired) electrons. The van der Waals surface area contributed by atoms with Crippen LogP contribution < -0.4 is 0 Å². The highest BCUT2D eigenvalue weighted by molar-refractivity contribution is 4.79. The molecule has 1 unspecified atom stereocenters. The summed E-state index contributed by atoms with van der Waals surface area (Å²) in [7, 11) is 0. The molecular weight excluding hydrogens is 192 g/mol. The van der Waals surface area contributed by atoms with Crippen molar-refractivity contribution >= 4 is 0 Å². The lowest BCUT2D eigenvalue weighted by atomic mass is 9.70. The van der Waals surface area contributed by atoms with Crippen LogP contribution in [0.2, 0.25) is 0 Å². The summed E-state index contributed by atoms with van der Waals surface area (Å²) in [5.74, 6) is 0.911. The van der Waals surface area contributed by atoms with Crippen molar-refractivity contribution in [3.05, 3.63) is 0 Å². The maximum absolute atomic E-state index is 2.43. The minimum Gasteiger partial charge on any atom is -0.0654 e. The minimum absolute atomic E-state index is 0.668. The van der Waals surface area contributed by atoms with Gasteiger partial charge in [0.1, 0.15) is 0 Å². The molecule has 0 N–H and O–H groups in total. The number of hydrogen-bond donors (Lipinski definition) is 0. The summed E-state index contributed by atoms with van der Waals surface area (Å²) in [5.41, 5.74) is 0.668. The lowest BCUT2D eigenvalue weighted by Gasteiger charge is -2.35. The van der Waals surface area contributed by atoms with E-state index in [9.17, 15) is 0 Å². The molecule has 0 saturated heterocycles. The maximum Gasteiger partial charge on any atom is -0.0298 e. The highest BCUT2D eigenvalue weighted by Gasteiger charge is 2.28. The van der Waals surface area contributed by atoms with Crippen molar-refractivity contribution in [3.8, 4) is 0 Å². The van der Waals surface area contributed by atoms with Crippen molar-refractivity contribution in [3.63, 3.8) is 0 Å². The van der Waals surface area contributed by atoms with Crippen LogP contribution in [0.1, 0.15) is 92.4 Å². The molecule has 0 heteroatoms. The van der Waals surface area contributed by atoms with Crippen molar-refractivity contribution in [1.29, 1.82) is 0 Å². The molecule has 0 fully saturated rings. The van der Waals surface area contributed by atoms with Crippen molar-refractivity contribution in [2.24, 2.45) is 11.3 Å². The normalized spacial score (nSPS) is 14.1. The van der Waals surface area contributed by atoms with Crippen LogP contribution in [0.3, 0.4) is 0 Å². The van der Waals surface area contributed by atoms with Gasteiger partial charge in [-0.25, -0.2) is 0 Å². The second-order valence-corrected chi connectivity index (χ2v) is 5.78. The molecule has 0 aliphatic rings. The van der Waals surface area contributed by atoms with Crippen molar-refractivity contribution in [1.82, 2.24) is 0 Å². The Morgan fingerprint density at radius 2 is 1.38 bits per heavy atom. The monoisotopic (exact) mass is 226 g/mol. The van der Waals surface area contributed by atoms with Crippen LogP contribution in [0, 0.1) is 11.3 Å². The first kappa shape index (κ1) is 16.0. The zero-order valence-corrected chi connectivity index (χ0v) is 12.4. The molecule has 0 aromatic rings. The van der Waals surface area contributed by atoms with Crippen LogP contribution in [0.5, 0.6) is 0 Å². The second kappa shape index (κ2) is 9.07. The summed E-state index contributed by atoms with van der Waals surface area (Å²) < 4.78 is 0. The van der Waals surface area contributed by atoms with Crippen LogP contribution in [-0.4, -0.2) is 0 Å². The molecule has 0 spiro atoms. The molecule has 0 heterocycles. The summed E-state index contributed by atoms with van der Waals surface area (Å²) in [6.07, 6.45) is 12.7.